The lowest BCUT2D eigenvalue weighted by Crippen LogP contribution is -1.82. The standard InChI is InChI=1S/C13H11N3/c14-10-6-7-11-12(8-10)16-13(15-11)9-4-2-1-3-5-9/h1-8H,14H2,(H,15,16). The van der Waals surface area contributed by atoms with E-state index >= 15 is 0 Å². The number of nitrogens with zero attached hydrogens (tertiary/aromatic N) is 1. The number of nitrogens with two attached hydrogens (primary N) is 1. The van der Waals surface area contributed by atoms with Gasteiger partial charge in [0.05, 0.1) is 11.0 Å². The lowest BCUT2D eigenvalue weighted by Gasteiger charge is -1.93. The van der Waals surface area contributed by atoms with Crippen LogP contribution < -0.4 is 5.73 Å². The number of nitrogen functional groups attached to an aromatic ring is 1. The average molecular weight is 209 g/mol. The van der Waals surface area contributed by atoms with Crippen molar-refractivity contribution in [2.75, 3.05) is 5.73 Å². The number of hydrogen-bond acceptors (Lipinski definition) is 2. The second-order valence-electron chi connectivity index (χ2n) is 3.73. The van der Waals surface area contributed by atoms with E-state index in [0.717, 1.165) is 28.1 Å². The summed E-state index contributed by atoms with van der Waals surface area (Å²) in [4.78, 5) is 7.78. The summed E-state index contributed by atoms with van der Waals surface area (Å²) in [5.74, 6) is 0.876. The van der Waals surface area contributed by atoms with E-state index in [0.29, 0.717) is 0 Å². The van der Waals surface area contributed by atoms with Crippen LogP contribution in [0.3, 0.4) is 0 Å². The largest absolute Gasteiger partial charge is 0.399 e. The van der Waals surface area contributed by atoms with Crippen molar-refractivity contribution in [2.24, 2.45) is 0 Å². The zero-order valence-electron chi connectivity index (χ0n) is 8.64. The van der Waals surface area contributed by atoms with Gasteiger partial charge in [-0.3, -0.25) is 0 Å². The van der Waals surface area contributed by atoms with E-state index in [1.165, 1.54) is 0 Å². The number of fused-ring (bicyclic) bond motifs is 1. The molecule has 16 heavy (non-hydrogen) atoms. The number of hydrogen-bond donors (Lipinski definition) is 2. The van der Waals surface area contributed by atoms with E-state index in [9.17, 15) is 0 Å². The minimum absolute atomic E-state index is 0.735. The lowest BCUT2D eigenvalue weighted by atomic mass is 10.2. The van der Waals surface area contributed by atoms with Gasteiger partial charge in [0.2, 0.25) is 0 Å². The molecule has 0 spiro atoms. The molecule has 3 nitrogen and oxygen atoms in total. The second kappa shape index (κ2) is 3.38. The quantitative estimate of drug-likeness (QED) is 0.605. The third-order valence-electron chi connectivity index (χ3n) is 2.55. The summed E-state index contributed by atoms with van der Waals surface area (Å²) < 4.78 is 0. The van der Waals surface area contributed by atoms with E-state index in [2.05, 4.69) is 9.97 Å². The van der Waals surface area contributed by atoms with Crippen LogP contribution in [0.5, 0.6) is 0 Å². The maximum Gasteiger partial charge on any atom is 0.138 e. The summed E-state index contributed by atoms with van der Waals surface area (Å²) >= 11 is 0. The number of imidazole rings is 1. The Morgan fingerprint density at radius 1 is 1.00 bits per heavy atom. The minimum Gasteiger partial charge on any atom is -0.399 e. The van der Waals surface area contributed by atoms with Crippen LogP contribution in [0.2, 0.25) is 0 Å². The number of nitrogens with one attached hydrogen (secondary N) is 1. The fourth-order valence-corrected chi connectivity index (χ4v) is 1.76. The highest BCUT2D eigenvalue weighted by molar-refractivity contribution is 5.82. The van der Waals surface area contributed by atoms with Gasteiger partial charge in [-0.05, 0) is 18.2 Å². The highest BCUT2D eigenvalue weighted by Gasteiger charge is 2.04. The van der Waals surface area contributed by atoms with Gasteiger partial charge in [0.15, 0.2) is 0 Å². The fraction of sp³-hybridized carbons (Fsp3) is 0. The first kappa shape index (κ1) is 8.97. The van der Waals surface area contributed by atoms with Crippen LogP contribution in [-0.2, 0) is 0 Å². The molecule has 3 heteroatoms. The molecule has 2 aromatic carbocycles. The second-order valence-corrected chi connectivity index (χ2v) is 3.73. The highest BCUT2D eigenvalue weighted by atomic mass is 14.9. The Bertz CT molecular complexity index is 626. The van der Waals surface area contributed by atoms with Crippen LogP contribution in [0.15, 0.2) is 48.5 Å². The molecule has 0 atom stereocenters. The van der Waals surface area contributed by atoms with E-state index in [4.69, 9.17) is 5.73 Å². The maximum absolute atomic E-state index is 5.72. The third kappa shape index (κ3) is 1.42. The predicted molar refractivity (Wildman–Crippen MR) is 65.9 cm³/mol. The molecule has 0 radical (unpaired) electrons. The monoisotopic (exact) mass is 209 g/mol. The highest BCUT2D eigenvalue weighted by Crippen LogP contribution is 2.21. The van der Waals surface area contributed by atoms with Crippen molar-refractivity contribution in [1.82, 2.24) is 9.97 Å². The van der Waals surface area contributed by atoms with Gasteiger partial charge in [-0.1, -0.05) is 30.3 Å². The first-order chi connectivity index (χ1) is 7.83. The molecule has 0 saturated heterocycles. The Labute approximate surface area is 92.9 Å². The van der Waals surface area contributed by atoms with E-state index in [-0.39, 0.29) is 0 Å². The molecule has 0 aliphatic carbocycles. The van der Waals surface area contributed by atoms with Crippen molar-refractivity contribution in [3.8, 4) is 11.4 Å². The summed E-state index contributed by atoms with van der Waals surface area (Å²) in [5, 5.41) is 0. The molecule has 3 N–H and O–H groups in total. The molecular formula is C13H11N3. The lowest BCUT2D eigenvalue weighted by molar-refractivity contribution is 1.34. The van der Waals surface area contributed by atoms with Crippen LogP contribution in [-0.4, -0.2) is 9.97 Å². The fourth-order valence-electron chi connectivity index (χ4n) is 1.76. The number of aromatic amines is 1. The molecule has 0 bridgehead atoms. The van der Waals surface area contributed by atoms with Gasteiger partial charge in [-0.15, -0.1) is 0 Å². The van der Waals surface area contributed by atoms with Crippen molar-refractivity contribution in [2.45, 2.75) is 0 Å². The molecule has 1 aromatic heterocycles. The predicted octanol–water partition coefficient (Wildman–Crippen LogP) is 2.81. The van der Waals surface area contributed by atoms with Crippen LogP contribution in [0.1, 0.15) is 0 Å². The number of H-pyrrole nitrogens is 1. The first-order valence-corrected chi connectivity index (χ1v) is 5.13. The van der Waals surface area contributed by atoms with Crippen LogP contribution in [0, 0.1) is 0 Å². The van der Waals surface area contributed by atoms with Gasteiger partial charge in [0, 0.05) is 11.3 Å². The van der Waals surface area contributed by atoms with Gasteiger partial charge in [0.25, 0.3) is 0 Å². The van der Waals surface area contributed by atoms with Gasteiger partial charge < -0.3 is 10.7 Å². The summed E-state index contributed by atoms with van der Waals surface area (Å²) in [6.45, 7) is 0. The Kier molecular flexibility index (Phi) is 1.90. The van der Waals surface area contributed by atoms with Gasteiger partial charge >= 0.3 is 0 Å². The normalized spacial score (nSPS) is 10.8. The van der Waals surface area contributed by atoms with E-state index in [1.54, 1.807) is 0 Å². The molecule has 0 fully saturated rings. The molecule has 0 saturated carbocycles. The number of anilines is 1. The number of rotatable bonds is 1. The topological polar surface area (TPSA) is 54.7 Å². The molecule has 3 rings (SSSR count). The summed E-state index contributed by atoms with van der Waals surface area (Å²) in [6, 6.07) is 15.7. The van der Waals surface area contributed by atoms with Crippen LogP contribution in [0.25, 0.3) is 22.4 Å². The molecule has 3 aromatic rings. The van der Waals surface area contributed by atoms with Crippen LogP contribution >= 0.6 is 0 Å². The van der Waals surface area contributed by atoms with Gasteiger partial charge in [-0.2, -0.15) is 0 Å². The summed E-state index contributed by atoms with van der Waals surface area (Å²) in [7, 11) is 0. The van der Waals surface area contributed by atoms with Crippen molar-refractivity contribution in [3.05, 3.63) is 48.5 Å². The Balaban J connectivity index is 2.19. The van der Waals surface area contributed by atoms with Crippen molar-refractivity contribution in [3.63, 3.8) is 0 Å². The third-order valence-corrected chi connectivity index (χ3v) is 2.55. The first-order valence-electron chi connectivity index (χ1n) is 5.13. The zero-order valence-corrected chi connectivity index (χ0v) is 8.64. The molecule has 0 aliphatic heterocycles. The van der Waals surface area contributed by atoms with Crippen molar-refractivity contribution < 1.29 is 0 Å². The summed E-state index contributed by atoms with van der Waals surface area (Å²) in [6.07, 6.45) is 0. The molecule has 78 valence electrons. The Morgan fingerprint density at radius 3 is 2.62 bits per heavy atom. The van der Waals surface area contributed by atoms with E-state index in [1.807, 2.05) is 48.5 Å². The van der Waals surface area contributed by atoms with Gasteiger partial charge in [0.1, 0.15) is 5.82 Å². The van der Waals surface area contributed by atoms with Crippen LogP contribution in [0.4, 0.5) is 5.69 Å². The average Bonchev–Trinajstić information content (AvgIpc) is 2.73. The minimum atomic E-state index is 0.735. The van der Waals surface area contributed by atoms with Crippen molar-refractivity contribution in [1.29, 1.82) is 0 Å². The molecule has 0 amide bonds. The Hall–Kier alpha value is -2.29. The molecule has 0 aliphatic rings. The SMILES string of the molecule is Nc1ccc2[nH]c(-c3ccccc3)nc2c1. The molecule has 1 heterocycles. The Morgan fingerprint density at radius 2 is 1.81 bits per heavy atom. The smallest absolute Gasteiger partial charge is 0.138 e. The number of benzene rings is 2. The number of aromatic nitrogens is 2. The van der Waals surface area contributed by atoms with Gasteiger partial charge in [-0.25, -0.2) is 4.98 Å². The molecule has 0 unspecified atom stereocenters. The zero-order chi connectivity index (χ0) is 11.0. The van der Waals surface area contributed by atoms with E-state index < -0.39 is 0 Å². The maximum atomic E-state index is 5.72. The molecular weight excluding hydrogens is 198 g/mol. The van der Waals surface area contributed by atoms with Crippen molar-refractivity contribution >= 4 is 16.7 Å². The summed E-state index contributed by atoms with van der Waals surface area (Å²) in [5.41, 5.74) is 9.44.